The molecule has 0 aromatic heterocycles. The Hall–Kier alpha value is 0.554. The Balaban J connectivity index is 1.81. The molecule has 1 rings (SSSR count). The molecule has 1 aliphatic heterocycles. The first-order valence-corrected chi connectivity index (χ1v) is 6.88. The van der Waals surface area contributed by atoms with Gasteiger partial charge in [0.05, 0.1) is 0 Å². The standard InChI is InChI=1S/C6H11O2.2CH3O.Ti/c1-2-3-7-4-6-5-8-6;2*1-2;/h6H,1-5H2;2*1H3;/q;2*-1;+2. The summed E-state index contributed by atoms with van der Waals surface area (Å²) >= 11 is -1.61. The van der Waals surface area contributed by atoms with Crippen LogP contribution in [0.5, 0.6) is 0 Å². The van der Waals surface area contributed by atoms with E-state index < -0.39 is 18.6 Å². The predicted molar refractivity (Wildman–Crippen MR) is 44.0 cm³/mol. The van der Waals surface area contributed by atoms with Crippen molar-refractivity contribution in [2.24, 2.45) is 0 Å². The minimum absolute atomic E-state index is 0.375. The fourth-order valence-corrected chi connectivity index (χ4v) is 2.56. The van der Waals surface area contributed by atoms with E-state index in [2.05, 4.69) is 0 Å². The molecule has 13 heavy (non-hydrogen) atoms. The normalized spacial score (nSPS) is 20.3. The molecular formula is C8H17O4Ti. The van der Waals surface area contributed by atoms with E-state index in [4.69, 9.17) is 16.1 Å². The molecule has 4 nitrogen and oxygen atoms in total. The van der Waals surface area contributed by atoms with Gasteiger partial charge in [0, 0.05) is 0 Å². The Morgan fingerprint density at radius 3 is 2.62 bits per heavy atom. The SMILES string of the molecule is C[O][Ti]([CH2]CCOCC1CO1)[O]C. The summed E-state index contributed by atoms with van der Waals surface area (Å²) in [7, 11) is 3.44. The molecule has 0 saturated carbocycles. The molecule has 0 spiro atoms. The molecule has 0 bridgehead atoms. The number of hydrogen-bond acceptors (Lipinski definition) is 4. The molecule has 0 aromatic rings. The van der Waals surface area contributed by atoms with Crippen LogP contribution in [0, 0.1) is 0 Å². The second-order valence-electron chi connectivity index (χ2n) is 2.91. The minimum atomic E-state index is -1.61. The van der Waals surface area contributed by atoms with Crippen LogP contribution in [0.3, 0.4) is 0 Å². The molecule has 1 saturated heterocycles. The summed E-state index contributed by atoms with van der Waals surface area (Å²) in [6, 6.07) is 0. The van der Waals surface area contributed by atoms with Gasteiger partial charge in [-0.25, -0.2) is 0 Å². The van der Waals surface area contributed by atoms with Crippen LogP contribution in [0.1, 0.15) is 6.42 Å². The summed E-state index contributed by atoms with van der Waals surface area (Å²) in [6.07, 6.45) is 1.41. The molecule has 1 heterocycles. The van der Waals surface area contributed by atoms with Crippen molar-refractivity contribution in [3.05, 3.63) is 0 Å². The van der Waals surface area contributed by atoms with E-state index in [1.165, 1.54) is 0 Å². The molecule has 1 aliphatic rings. The van der Waals surface area contributed by atoms with E-state index in [-0.39, 0.29) is 0 Å². The number of rotatable bonds is 8. The van der Waals surface area contributed by atoms with Crippen molar-refractivity contribution in [3.63, 3.8) is 0 Å². The van der Waals surface area contributed by atoms with Crippen LogP contribution in [-0.2, 0) is 34.8 Å². The van der Waals surface area contributed by atoms with Gasteiger partial charge in [-0.05, 0) is 0 Å². The van der Waals surface area contributed by atoms with E-state index in [9.17, 15) is 0 Å². The monoisotopic (exact) mass is 225 g/mol. The maximum atomic E-state index is 5.39. The fraction of sp³-hybridized carbons (Fsp3) is 1.00. The van der Waals surface area contributed by atoms with Gasteiger partial charge in [0.2, 0.25) is 0 Å². The maximum absolute atomic E-state index is 5.39. The van der Waals surface area contributed by atoms with Gasteiger partial charge in [0.1, 0.15) is 0 Å². The van der Waals surface area contributed by atoms with Gasteiger partial charge in [0.25, 0.3) is 0 Å². The third kappa shape index (κ3) is 5.78. The number of epoxide rings is 1. The van der Waals surface area contributed by atoms with Crippen LogP contribution in [0.2, 0.25) is 4.73 Å². The molecule has 77 valence electrons. The fourth-order valence-electron chi connectivity index (χ4n) is 0.985. The van der Waals surface area contributed by atoms with Crippen molar-refractivity contribution in [2.45, 2.75) is 17.3 Å². The molecule has 0 radical (unpaired) electrons. The Bertz CT molecular complexity index is 125. The Morgan fingerprint density at radius 2 is 2.08 bits per heavy atom. The van der Waals surface area contributed by atoms with Crippen LogP contribution in [0.15, 0.2) is 0 Å². The molecule has 1 atom stereocenters. The van der Waals surface area contributed by atoms with Crippen LogP contribution < -0.4 is 0 Å². The summed E-state index contributed by atoms with van der Waals surface area (Å²) in [5, 5.41) is 0. The summed E-state index contributed by atoms with van der Waals surface area (Å²) in [5.74, 6) is 0. The summed E-state index contributed by atoms with van der Waals surface area (Å²) in [5.41, 5.74) is 0. The zero-order valence-electron chi connectivity index (χ0n) is 8.25. The van der Waals surface area contributed by atoms with Crippen LogP contribution >= 0.6 is 0 Å². The number of ether oxygens (including phenoxy) is 2. The van der Waals surface area contributed by atoms with E-state index in [0.29, 0.717) is 6.10 Å². The van der Waals surface area contributed by atoms with Crippen molar-refractivity contribution in [3.8, 4) is 0 Å². The van der Waals surface area contributed by atoms with Crippen LogP contribution in [0.25, 0.3) is 0 Å². The predicted octanol–water partition coefficient (Wildman–Crippen LogP) is 0.951. The first-order valence-electron chi connectivity index (χ1n) is 4.50. The Kier molecular flexibility index (Phi) is 6.20. The van der Waals surface area contributed by atoms with Gasteiger partial charge >= 0.3 is 86.0 Å². The average molecular weight is 225 g/mol. The van der Waals surface area contributed by atoms with Crippen molar-refractivity contribution in [1.82, 2.24) is 0 Å². The molecular weight excluding hydrogens is 208 g/mol. The molecule has 1 fully saturated rings. The second-order valence-corrected chi connectivity index (χ2v) is 6.13. The third-order valence-corrected chi connectivity index (χ3v) is 4.44. The number of hydrogen-bond donors (Lipinski definition) is 0. The van der Waals surface area contributed by atoms with Gasteiger partial charge in [-0.15, -0.1) is 0 Å². The van der Waals surface area contributed by atoms with E-state index in [1.54, 1.807) is 14.2 Å². The molecule has 0 aliphatic carbocycles. The molecule has 0 aromatic carbocycles. The van der Waals surface area contributed by atoms with Crippen LogP contribution in [0.4, 0.5) is 0 Å². The first kappa shape index (κ1) is 11.6. The Labute approximate surface area is 86.3 Å². The van der Waals surface area contributed by atoms with Crippen molar-refractivity contribution < 1.29 is 34.8 Å². The molecule has 1 unspecified atom stereocenters. The molecule has 0 amide bonds. The van der Waals surface area contributed by atoms with Gasteiger partial charge in [-0.2, -0.15) is 0 Å². The summed E-state index contributed by atoms with van der Waals surface area (Å²) in [6.45, 7) is 2.41. The average Bonchev–Trinajstić information content (AvgIpc) is 2.95. The first-order chi connectivity index (χ1) is 6.36. The van der Waals surface area contributed by atoms with Gasteiger partial charge in [-0.3, -0.25) is 0 Å². The zero-order valence-corrected chi connectivity index (χ0v) is 9.81. The quantitative estimate of drug-likeness (QED) is 0.350. The van der Waals surface area contributed by atoms with E-state index in [1.807, 2.05) is 0 Å². The van der Waals surface area contributed by atoms with Gasteiger partial charge in [0.15, 0.2) is 0 Å². The van der Waals surface area contributed by atoms with Gasteiger partial charge in [-0.1, -0.05) is 0 Å². The molecule has 5 heteroatoms. The van der Waals surface area contributed by atoms with Gasteiger partial charge < -0.3 is 0 Å². The topological polar surface area (TPSA) is 40.2 Å². The second kappa shape index (κ2) is 6.93. The summed E-state index contributed by atoms with van der Waals surface area (Å²) < 4.78 is 21.8. The van der Waals surface area contributed by atoms with Crippen molar-refractivity contribution >= 4 is 0 Å². The molecule has 0 N–H and O–H groups in total. The summed E-state index contributed by atoms with van der Waals surface area (Å²) in [4.78, 5) is 0. The van der Waals surface area contributed by atoms with Crippen molar-refractivity contribution in [2.75, 3.05) is 34.0 Å². The van der Waals surface area contributed by atoms with Crippen LogP contribution in [-0.4, -0.2) is 40.1 Å². The van der Waals surface area contributed by atoms with Crippen molar-refractivity contribution in [1.29, 1.82) is 0 Å². The Morgan fingerprint density at radius 1 is 1.38 bits per heavy atom. The van der Waals surface area contributed by atoms with E-state index in [0.717, 1.165) is 31.0 Å². The van der Waals surface area contributed by atoms with E-state index >= 15 is 0 Å². The zero-order chi connectivity index (χ0) is 9.52. The third-order valence-electron chi connectivity index (χ3n) is 1.83.